The number of rotatable bonds is 5. The molecule has 2 aromatic carbocycles. The highest BCUT2D eigenvalue weighted by molar-refractivity contribution is 6.34. The Morgan fingerprint density at radius 3 is 2.71 bits per heavy atom. The summed E-state index contributed by atoms with van der Waals surface area (Å²) in [6, 6.07) is 12.8. The zero-order valence-electron chi connectivity index (χ0n) is 13.7. The highest BCUT2D eigenvalue weighted by atomic mass is 35.5. The molecule has 0 bridgehead atoms. The molecule has 0 aliphatic carbocycles. The van der Waals surface area contributed by atoms with Gasteiger partial charge in [0.2, 0.25) is 0 Å². The van der Waals surface area contributed by atoms with Gasteiger partial charge in [0.15, 0.2) is 0 Å². The number of ether oxygens (including phenoxy) is 1. The third-order valence-electron chi connectivity index (χ3n) is 4.06. The first-order valence-corrected chi connectivity index (χ1v) is 8.64. The number of benzene rings is 2. The van der Waals surface area contributed by atoms with Gasteiger partial charge in [0.1, 0.15) is 5.75 Å². The first kappa shape index (κ1) is 16.7. The average Bonchev–Trinajstić information content (AvgIpc) is 3.09. The van der Waals surface area contributed by atoms with E-state index in [4.69, 9.17) is 16.3 Å². The second-order valence-corrected chi connectivity index (χ2v) is 6.15. The van der Waals surface area contributed by atoms with E-state index in [1.165, 1.54) is 0 Å². The van der Waals surface area contributed by atoms with Crippen LogP contribution >= 0.6 is 11.6 Å². The predicted molar refractivity (Wildman–Crippen MR) is 98.5 cm³/mol. The molecule has 24 heavy (non-hydrogen) atoms. The second-order valence-electron chi connectivity index (χ2n) is 5.75. The Morgan fingerprint density at radius 1 is 1.21 bits per heavy atom. The molecule has 1 aliphatic heterocycles. The van der Waals surface area contributed by atoms with Gasteiger partial charge in [0.05, 0.1) is 23.0 Å². The van der Waals surface area contributed by atoms with E-state index in [2.05, 4.69) is 10.2 Å². The topological polar surface area (TPSA) is 41.6 Å². The lowest BCUT2D eigenvalue weighted by atomic mass is 10.2. The van der Waals surface area contributed by atoms with Crippen molar-refractivity contribution in [1.29, 1.82) is 0 Å². The summed E-state index contributed by atoms with van der Waals surface area (Å²) in [5, 5.41) is 3.66. The van der Waals surface area contributed by atoms with Gasteiger partial charge in [0, 0.05) is 18.7 Å². The summed E-state index contributed by atoms with van der Waals surface area (Å²) in [6.07, 6.45) is 2.30. The number of para-hydroxylation sites is 1. The molecule has 0 spiro atoms. The van der Waals surface area contributed by atoms with Gasteiger partial charge in [-0.2, -0.15) is 0 Å². The van der Waals surface area contributed by atoms with E-state index in [-0.39, 0.29) is 5.91 Å². The Bertz CT molecular complexity index is 727. The van der Waals surface area contributed by atoms with Crippen molar-refractivity contribution in [2.75, 3.05) is 29.9 Å². The molecule has 1 aliphatic rings. The third-order valence-corrected chi connectivity index (χ3v) is 4.37. The zero-order chi connectivity index (χ0) is 16.9. The lowest BCUT2D eigenvalue weighted by Crippen LogP contribution is -2.21. The molecule has 1 fully saturated rings. The first-order valence-electron chi connectivity index (χ1n) is 8.26. The van der Waals surface area contributed by atoms with Crippen LogP contribution in [0.4, 0.5) is 11.4 Å². The van der Waals surface area contributed by atoms with Crippen molar-refractivity contribution in [3.63, 3.8) is 0 Å². The van der Waals surface area contributed by atoms with Crippen molar-refractivity contribution in [3.05, 3.63) is 53.1 Å². The fourth-order valence-corrected chi connectivity index (χ4v) is 3.26. The van der Waals surface area contributed by atoms with Crippen molar-refractivity contribution in [3.8, 4) is 5.75 Å². The smallest absolute Gasteiger partial charge is 0.255 e. The third kappa shape index (κ3) is 3.65. The van der Waals surface area contributed by atoms with E-state index in [9.17, 15) is 4.79 Å². The van der Waals surface area contributed by atoms with Gasteiger partial charge in [0.25, 0.3) is 5.91 Å². The van der Waals surface area contributed by atoms with E-state index in [1.807, 2.05) is 37.3 Å². The first-order chi connectivity index (χ1) is 11.7. The number of nitrogens with one attached hydrogen (secondary N) is 1. The fraction of sp³-hybridized carbons (Fsp3) is 0.316. The minimum Gasteiger partial charge on any atom is -0.494 e. The summed E-state index contributed by atoms with van der Waals surface area (Å²) in [7, 11) is 0. The van der Waals surface area contributed by atoms with Crippen molar-refractivity contribution in [1.82, 2.24) is 0 Å². The summed E-state index contributed by atoms with van der Waals surface area (Å²) in [5.41, 5.74) is 2.22. The molecule has 0 saturated carbocycles. The van der Waals surface area contributed by atoms with Gasteiger partial charge in [-0.15, -0.1) is 0 Å². The molecule has 0 atom stereocenters. The van der Waals surface area contributed by atoms with Gasteiger partial charge in [-0.25, -0.2) is 0 Å². The van der Waals surface area contributed by atoms with Crippen LogP contribution in [0, 0.1) is 0 Å². The van der Waals surface area contributed by atoms with Crippen LogP contribution in [-0.4, -0.2) is 25.6 Å². The number of hydrogen-bond acceptors (Lipinski definition) is 3. The summed E-state index contributed by atoms with van der Waals surface area (Å²) < 4.78 is 5.46. The lowest BCUT2D eigenvalue weighted by Gasteiger charge is -2.23. The van der Waals surface area contributed by atoms with Crippen LogP contribution in [-0.2, 0) is 0 Å². The molecule has 3 rings (SSSR count). The quantitative estimate of drug-likeness (QED) is 0.862. The van der Waals surface area contributed by atoms with Gasteiger partial charge in [-0.3, -0.25) is 4.79 Å². The Hall–Kier alpha value is -2.20. The minimum atomic E-state index is -0.167. The molecular weight excluding hydrogens is 324 g/mol. The van der Waals surface area contributed by atoms with Crippen LogP contribution in [0.1, 0.15) is 30.1 Å². The number of halogens is 1. The number of carbonyl (C=O) groups is 1. The van der Waals surface area contributed by atoms with E-state index >= 15 is 0 Å². The molecule has 1 N–H and O–H groups in total. The van der Waals surface area contributed by atoms with Crippen LogP contribution in [0.3, 0.4) is 0 Å². The van der Waals surface area contributed by atoms with Crippen LogP contribution in [0.15, 0.2) is 42.5 Å². The molecule has 0 unspecified atom stereocenters. The number of carbonyl (C=O) groups excluding carboxylic acids is 1. The molecule has 1 saturated heterocycles. The van der Waals surface area contributed by atoms with E-state index in [1.54, 1.807) is 12.1 Å². The fourth-order valence-electron chi connectivity index (χ4n) is 2.97. The maximum atomic E-state index is 12.6. The van der Waals surface area contributed by atoms with Crippen molar-refractivity contribution in [2.45, 2.75) is 19.8 Å². The SMILES string of the molecule is CCOc1cccc(C(=O)Nc2cccc(Cl)c2N2CCCC2)c1. The summed E-state index contributed by atoms with van der Waals surface area (Å²) in [4.78, 5) is 14.9. The molecular formula is C19H21ClN2O2. The van der Waals surface area contributed by atoms with Crippen molar-refractivity contribution >= 4 is 28.9 Å². The number of hydrogen-bond donors (Lipinski definition) is 1. The van der Waals surface area contributed by atoms with Gasteiger partial charge >= 0.3 is 0 Å². The Morgan fingerprint density at radius 2 is 1.96 bits per heavy atom. The standard InChI is InChI=1S/C19H21ClN2O2/c1-2-24-15-8-5-7-14(13-15)19(23)21-17-10-6-9-16(20)18(17)22-11-3-4-12-22/h5-10,13H,2-4,11-12H2,1H3,(H,21,23). The van der Waals surface area contributed by atoms with Gasteiger partial charge in [-0.1, -0.05) is 23.7 Å². The van der Waals surface area contributed by atoms with E-state index in [0.29, 0.717) is 22.9 Å². The molecule has 4 nitrogen and oxygen atoms in total. The molecule has 1 heterocycles. The maximum Gasteiger partial charge on any atom is 0.255 e. The van der Waals surface area contributed by atoms with E-state index < -0.39 is 0 Å². The Balaban J connectivity index is 1.84. The highest BCUT2D eigenvalue weighted by Gasteiger charge is 2.20. The van der Waals surface area contributed by atoms with Crippen LogP contribution in [0.25, 0.3) is 0 Å². The summed E-state index contributed by atoms with van der Waals surface area (Å²) in [5.74, 6) is 0.523. The number of amides is 1. The highest BCUT2D eigenvalue weighted by Crippen LogP contribution is 2.36. The molecule has 2 aromatic rings. The van der Waals surface area contributed by atoms with Crippen molar-refractivity contribution < 1.29 is 9.53 Å². The molecule has 0 radical (unpaired) electrons. The molecule has 0 aromatic heterocycles. The van der Waals surface area contributed by atoms with Crippen LogP contribution in [0.5, 0.6) is 5.75 Å². The van der Waals surface area contributed by atoms with Crippen LogP contribution in [0.2, 0.25) is 5.02 Å². The molecule has 1 amide bonds. The Labute approximate surface area is 147 Å². The monoisotopic (exact) mass is 344 g/mol. The second kappa shape index (κ2) is 7.58. The van der Waals surface area contributed by atoms with Crippen LogP contribution < -0.4 is 15.0 Å². The lowest BCUT2D eigenvalue weighted by molar-refractivity contribution is 0.102. The van der Waals surface area contributed by atoms with Crippen molar-refractivity contribution in [2.24, 2.45) is 0 Å². The number of nitrogens with zero attached hydrogens (tertiary/aromatic N) is 1. The summed E-state index contributed by atoms with van der Waals surface area (Å²) >= 11 is 6.39. The van der Waals surface area contributed by atoms with Gasteiger partial charge < -0.3 is 15.0 Å². The predicted octanol–water partition coefficient (Wildman–Crippen LogP) is 4.59. The maximum absolute atomic E-state index is 12.6. The van der Waals surface area contributed by atoms with E-state index in [0.717, 1.165) is 37.3 Å². The summed E-state index contributed by atoms with van der Waals surface area (Å²) in [6.45, 7) is 4.42. The number of anilines is 2. The van der Waals surface area contributed by atoms with Gasteiger partial charge in [-0.05, 0) is 50.1 Å². The molecule has 126 valence electrons. The Kier molecular flexibility index (Phi) is 5.26. The normalized spacial score (nSPS) is 13.8. The average molecular weight is 345 g/mol. The largest absolute Gasteiger partial charge is 0.494 e. The minimum absolute atomic E-state index is 0.167. The molecule has 5 heteroatoms. The zero-order valence-corrected chi connectivity index (χ0v) is 14.5.